The van der Waals surface area contributed by atoms with Gasteiger partial charge >= 0.3 is 0 Å². The van der Waals surface area contributed by atoms with Gasteiger partial charge in [0.25, 0.3) is 0 Å². The van der Waals surface area contributed by atoms with Crippen LogP contribution in [0, 0.1) is 0 Å². The van der Waals surface area contributed by atoms with E-state index in [4.69, 9.17) is 11.6 Å². The van der Waals surface area contributed by atoms with E-state index in [9.17, 15) is 0 Å². The minimum atomic E-state index is 0.413. The third-order valence-corrected chi connectivity index (χ3v) is 4.10. The number of unbranched alkanes of at least 4 members (excludes halogenated alkanes) is 1. The molecular formula is C17H29ClN2. The zero-order valence-electron chi connectivity index (χ0n) is 13.3. The highest BCUT2D eigenvalue weighted by Gasteiger charge is 2.08. The van der Waals surface area contributed by atoms with Crippen molar-refractivity contribution in [2.24, 2.45) is 0 Å². The molecule has 2 nitrogen and oxygen atoms in total. The van der Waals surface area contributed by atoms with Crippen molar-refractivity contribution in [2.75, 3.05) is 20.1 Å². The Hall–Kier alpha value is -0.570. The van der Waals surface area contributed by atoms with Gasteiger partial charge in [0.15, 0.2) is 0 Å². The van der Waals surface area contributed by atoms with Crippen LogP contribution < -0.4 is 5.32 Å². The van der Waals surface area contributed by atoms with Crippen molar-refractivity contribution in [3.05, 3.63) is 34.9 Å². The standard InChI is InChI=1S/C17H29ClN2/c1-5-17(15-9-8-10-16(18)13-15)19-11-6-7-12-20(4)14(2)3/h8-10,13-14,17,19H,5-7,11-12H2,1-4H3. The first-order valence-electron chi connectivity index (χ1n) is 7.73. The van der Waals surface area contributed by atoms with Gasteiger partial charge in [-0.05, 0) is 70.9 Å². The zero-order chi connectivity index (χ0) is 15.0. The van der Waals surface area contributed by atoms with Crippen LogP contribution in [0.3, 0.4) is 0 Å². The van der Waals surface area contributed by atoms with Gasteiger partial charge < -0.3 is 10.2 Å². The largest absolute Gasteiger partial charge is 0.310 e. The highest BCUT2D eigenvalue weighted by Crippen LogP contribution is 2.20. The lowest BCUT2D eigenvalue weighted by Crippen LogP contribution is -2.28. The summed E-state index contributed by atoms with van der Waals surface area (Å²) in [5, 5.41) is 4.46. The molecule has 1 atom stereocenters. The van der Waals surface area contributed by atoms with E-state index in [-0.39, 0.29) is 0 Å². The average molecular weight is 297 g/mol. The molecule has 0 aliphatic rings. The van der Waals surface area contributed by atoms with Gasteiger partial charge in [-0.1, -0.05) is 30.7 Å². The minimum absolute atomic E-state index is 0.413. The predicted octanol–water partition coefficient (Wildman–Crippen LogP) is 4.50. The number of nitrogens with zero attached hydrogens (tertiary/aromatic N) is 1. The molecule has 0 aliphatic carbocycles. The van der Waals surface area contributed by atoms with E-state index in [1.165, 1.54) is 24.9 Å². The van der Waals surface area contributed by atoms with Crippen molar-refractivity contribution < 1.29 is 0 Å². The van der Waals surface area contributed by atoms with Crippen molar-refractivity contribution in [1.29, 1.82) is 0 Å². The maximum absolute atomic E-state index is 6.06. The quantitative estimate of drug-likeness (QED) is 0.675. The summed E-state index contributed by atoms with van der Waals surface area (Å²) in [6, 6.07) is 9.22. The molecule has 20 heavy (non-hydrogen) atoms. The van der Waals surface area contributed by atoms with E-state index in [2.05, 4.69) is 50.2 Å². The molecule has 1 rings (SSSR count). The number of hydrogen-bond donors (Lipinski definition) is 1. The Balaban J connectivity index is 2.29. The van der Waals surface area contributed by atoms with Gasteiger partial charge in [0, 0.05) is 17.1 Å². The lowest BCUT2D eigenvalue weighted by Gasteiger charge is -2.21. The highest BCUT2D eigenvalue weighted by molar-refractivity contribution is 6.30. The number of hydrogen-bond acceptors (Lipinski definition) is 2. The molecule has 1 aromatic rings. The van der Waals surface area contributed by atoms with Crippen LogP contribution in [-0.4, -0.2) is 31.1 Å². The van der Waals surface area contributed by atoms with Crippen molar-refractivity contribution in [3.8, 4) is 0 Å². The number of benzene rings is 1. The van der Waals surface area contributed by atoms with Crippen LogP contribution in [0.1, 0.15) is 51.6 Å². The van der Waals surface area contributed by atoms with Crippen LogP contribution in [0.2, 0.25) is 5.02 Å². The van der Waals surface area contributed by atoms with Crippen molar-refractivity contribution in [1.82, 2.24) is 10.2 Å². The van der Waals surface area contributed by atoms with Crippen LogP contribution in [0.4, 0.5) is 0 Å². The van der Waals surface area contributed by atoms with Crippen molar-refractivity contribution >= 4 is 11.6 Å². The molecule has 0 aromatic heterocycles. The summed E-state index contributed by atoms with van der Waals surface area (Å²) in [7, 11) is 2.19. The van der Waals surface area contributed by atoms with Gasteiger partial charge in [-0.2, -0.15) is 0 Å². The Labute approximate surface area is 129 Å². The summed E-state index contributed by atoms with van der Waals surface area (Å²) in [5.41, 5.74) is 1.29. The summed E-state index contributed by atoms with van der Waals surface area (Å²) in [4.78, 5) is 2.40. The van der Waals surface area contributed by atoms with E-state index in [0.29, 0.717) is 12.1 Å². The number of nitrogens with one attached hydrogen (secondary N) is 1. The van der Waals surface area contributed by atoms with E-state index >= 15 is 0 Å². The van der Waals surface area contributed by atoms with Crippen molar-refractivity contribution in [2.45, 2.75) is 52.1 Å². The molecule has 0 aliphatic heterocycles. The SMILES string of the molecule is CCC(NCCCCN(C)C(C)C)c1cccc(Cl)c1. The number of halogens is 1. The van der Waals surface area contributed by atoms with Gasteiger partial charge in [-0.15, -0.1) is 0 Å². The van der Waals surface area contributed by atoms with Gasteiger partial charge in [0.05, 0.1) is 0 Å². The third-order valence-electron chi connectivity index (χ3n) is 3.87. The van der Waals surface area contributed by atoms with Crippen LogP contribution in [-0.2, 0) is 0 Å². The van der Waals surface area contributed by atoms with Crippen LogP contribution >= 0.6 is 11.6 Å². The van der Waals surface area contributed by atoms with E-state index in [0.717, 1.165) is 18.0 Å². The first-order valence-corrected chi connectivity index (χ1v) is 8.11. The summed E-state index contributed by atoms with van der Waals surface area (Å²) >= 11 is 6.06. The Morgan fingerprint density at radius 1 is 1.25 bits per heavy atom. The van der Waals surface area contributed by atoms with E-state index < -0.39 is 0 Å². The van der Waals surface area contributed by atoms with E-state index in [1.807, 2.05) is 12.1 Å². The fourth-order valence-corrected chi connectivity index (χ4v) is 2.44. The maximum Gasteiger partial charge on any atom is 0.0409 e. The Bertz CT molecular complexity index is 379. The topological polar surface area (TPSA) is 15.3 Å². The molecule has 1 unspecified atom stereocenters. The Morgan fingerprint density at radius 2 is 2.00 bits per heavy atom. The van der Waals surface area contributed by atoms with Crippen LogP contribution in [0.15, 0.2) is 24.3 Å². The number of rotatable bonds is 9. The molecule has 114 valence electrons. The molecule has 0 amide bonds. The minimum Gasteiger partial charge on any atom is -0.310 e. The molecule has 0 fully saturated rings. The monoisotopic (exact) mass is 296 g/mol. The molecule has 0 spiro atoms. The highest BCUT2D eigenvalue weighted by atomic mass is 35.5. The lowest BCUT2D eigenvalue weighted by atomic mass is 10.0. The lowest BCUT2D eigenvalue weighted by molar-refractivity contribution is 0.267. The molecule has 0 saturated carbocycles. The zero-order valence-corrected chi connectivity index (χ0v) is 14.1. The molecule has 0 heterocycles. The summed E-state index contributed by atoms with van der Waals surface area (Å²) in [6.07, 6.45) is 3.55. The second kappa shape index (κ2) is 9.38. The normalized spacial score (nSPS) is 13.2. The second-order valence-electron chi connectivity index (χ2n) is 5.75. The predicted molar refractivity (Wildman–Crippen MR) is 89.5 cm³/mol. The first-order chi connectivity index (χ1) is 9.54. The fraction of sp³-hybridized carbons (Fsp3) is 0.647. The van der Waals surface area contributed by atoms with Crippen LogP contribution in [0.5, 0.6) is 0 Å². The first kappa shape index (κ1) is 17.5. The second-order valence-corrected chi connectivity index (χ2v) is 6.19. The Morgan fingerprint density at radius 3 is 2.60 bits per heavy atom. The molecule has 0 radical (unpaired) electrons. The van der Waals surface area contributed by atoms with Gasteiger partial charge in [-0.25, -0.2) is 0 Å². The smallest absolute Gasteiger partial charge is 0.0409 e. The summed E-state index contributed by atoms with van der Waals surface area (Å²) in [5.74, 6) is 0. The molecular weight excluding hydrogens is 268 g/mol. The Kier molecular flexibility index (Phi) is 8.20. The molecule has 0 bridgehead atoms. The van der Waals surface area contributed by atoms with Crippen molar-refractivity contribution in [3.63, 3.8) is 0 Å². The summed E-state index contributed by atoms with van der Waals surface area (Å²) < 4.78 is 0. The fourth-order valence-electron chi connectivity index (χ4n) is 2.24. The van der Waals surface area contributed by atoms with Gasteiger partial charge in [-0.3, -0.25) is 0 Å². The third kappa shape index (κ3) is 6.25. The molecule has 1 aromatic carbocycles. The molecule has 1 N–H and O–H groups in total. The van der Waals surface area contributed by atoms with Crippen LogP contribution in [0.25, 0.3) is 0 Å². The summed E-state index contributed by atoms with van der Waals surface area (Å²) in [6.45, 7) is 8.93. The van der Waals surface area contributed by atoms with Gasteiger partial charge in [0.1, 0.15) is 0 Å². The molecule has 3 heteroatoms. The maximum atomic E-state index is 6.06. The average Bonchev–Trinajstić information content (AvgIpc) is 2.42. The molecule has 0 saturated heterocycles. The van der Waals surface area contributed by atoms with Gasteiger partial charge in [0.2, 0.25) is 0 Å². The van der Waals surface area contributed by atoms with E-state index in [1.54, 1.807) is 0 Å².